The highest BCUT2D eigenvalue weighted by Gasteiger charge is 2.11. The van der Waals surface area contributed by atoms with Crippen molar-refractivity contribution in [1.82, 2.24) is 0 Å². The molecule has 0 aromatic heterocycles. The van der Waals surface area contributed by atoms with Gasteiger partial charge in [0.05, 0.1) is 19.8 Å². The van der Waals surface area contributed by atoms with E-state index in [-0.39, 0.29) is 5.56 Å². The molecule has 120 valence electrons. The first-order valence-electron chi connectivity index (χ1n) is 6.55. The fraction of sp³-hybridized carbons (Fsp3) is 0.118. The van der Waals surface area contributed by atoms with Crippen LogP contribution in [0.15, 0.2) is 40.9 Å². The third-order valence-corrected chi connectivity index (χ3v) is 3.80. The fourth-order valence-corrected chi connectivity index (χ4v) is 2.40. The Kier molecular flexibility index (Phi) is 5.50. The van der Waals surface area contributed by atoms with Crippen molar-refractivity contribution in [2.24, 2.45) is 0 Å². The molecule has 0 fully saturated rings. The predicted molar refractivity (Wildman–Crippen MR) is 87.0 cm³/mol. The molecule has 0 atom stereocenters. The topological polar surface area (TPSA) is 35.5 Å². The number of hydrogen-bond donors (Lipinski definition) is 0. The lowest BCUT2D eigenvalue weighted by molar-refractivity contribution is 0.104. The monoisotopic (exact) mass is 382 g/mol. The lowest BCUT2D eigenvalue weighted by atomic mass is 10.1. The van der Waals surface area contributed by atoms with Crippen molar-refractivity contribution in [3.63, 3.8) is 0 Å². The van der Waals surface area contributed by atoms with Crippen molar-refractivity contribution in [3.05, 3.63) is 63.6 Å². The normalized spacial score (nSPS) is 10.8. The van der Waals surface area contributed by atoms with Gasteiger partial charge in [0.1, 0.15) is 11.6 Å². The molecule has 6 heteroatoms. The van der Waals surface area contributed by atoms with Gasteiger partial charge < -0.3 is 9.47 Å². The minimum atomic E-state index is -0.897. The molecule has 0 aliphatic rings. The predicted octanol–water partition coefficient (Wildman–Crippen LogP) is 4.64. The number of ether oxygens (including phenoxy) is 2. The van der Waals surface area contributed by atoms with Gasteiger partial charge in [-0.25, -0.2) is 8.78 Å². The van der Waals surface area contributed by atoms with E-state index < -0.39 is 17.4 Å². The van der Waals surface area contributed by atoms with Crippen LogP contribution in [0.5, 0.6) is 11.5 Å². The van der Waals surface area contributed by atoms with E-state index in [2.05, 4.69) is 15.9 Å². The van der Waals surface area contributed by atoms with Crippen LogP contribution in [0, 0.1) is 11.6 Å². The quantitative estimate of drug-likeness (QED) is 0.558. The molecule has 0 N–H and O–H groups in total. The van der Waals surface area contributed by atoms with Gasteiger partial charge in [0.25, 0.3) is 0 Å². The summed E-state index contributed by atoms with van der Waals surface area (Å²) in [4.78, 5) is 12.0. The molecule has 0 saturated heterocycles. The molecule has 2 rings (SSSR count). The Labute approximate surface area is 140 Å². The van der Waals surface area contributed by atoms with E-state index >= 15 is 0 Å². The van der Waals surface area contributed by atoms with Gasteiger partial charge in [0, 0.05) is 10.5 Å². The maximum Gasteiger partial charge on any atom is 0.188 e. The van der Waals surface area contributed by atoms with Gasteiger partial charge in [0.15, 0.2) is 17.3 Å². The van der Waals surface area contributed by atoms with Crippen molar-refractivity contribution in [2.75, 3.05) is 14.2 Å². The highest BCUT2D eigenvalue weighted by Crippen LogP contribution is 2.33. The van der Waals surface area contributed by atoms with Gasteiger partial charge in [0.2, 0.25) is 0 Å². The molecule has 0 aliphatic heterocycles. The molecule has 0 saturated carbocycles. The van der Waals surface area contributed by atoms with Crippen LogP contribution in [-0.4, -0.2) is 20.0 Å². The maximum atomic E-state index is 13.6. The second kappa shape index (κ2) is 7.37. The Hall–Kier alpha value is -2.21. The van der Waals surface area contributed by atoms with E-state index in [1.165, 1.54) is 26.4 Å². The molecule has 2 aromatic rings. The van der Waals surface area contributed by atoms with Gasteiger partial charge in [-0.2, -0.15) is 0 Å². The van der Waals surface area contributed by atoms with Crippen molar-refractivity contribution >= 4 is 27.8 Å². The Bertz CT molecular complexity index is 773. The number of allylic oxidation sites excluding steroid dienone is 1. The summed E-state index contributed by atoms with van der Waals surface area (Å²) in [6, 6.07) is 6.19. The molecule has 0 spiro atoms. The molecular formula is C17H13BrF2O3. The van der Waals surface area contributed by atoms with E-state index in [9.17, 15) is 13.6 Å². The second-order valence-corrected chi connectivity index (χ2v) is 5.40. The standard InChI is InChI=1S/C17H13BrF2O3/c1-22-16-7-10(13(18)9-17(16)23-2)3-6-15(21)12-5-4-11(19)8-14(12)20/h3-9H,1-2H3/b6-3+. The molecular weight excluding hydrogens is 370 g/mol. The minimum absolute atomic E-state index is 0.195. The third-order valence-electron chi connectivity index (χ3n) is 3.11. The molecule has 0 unspecified atom stereocenters. The van der Waals surface area contributed by atoms with Crippen LogP contribution >= 0.6 is 15.9 Å². The van der Waals surface area contributed by atoms with Crippen LogP contribution in [0.25, 0.3) is 6.08 Å². The fourth-order valence-electron chi connectivity index (χ4n) is 1.94. The molecule has 3 nitrogen and oxygen atoms in total. The number of halogens is 3. The van der Waals surface area contributed by atoms with Crippen LogP contribution in [0.1, 0.15) is 15.9 Å². The molecule has 0 heterocycles. The average Bonchev–Trinajstić information content (AvgIpc) is 2.53. The number of ketones is 1. The van der Waals surface area contributed by atoms with Crippen LogP contribution in [-0.2, 0) is 0 Å². The van der Waals surface area contributed by atoms with E-state index in [1.54, 1.807) is 12.1 Å². The largest absolute Gasteiger partial charge is 0.493 e. The molecule has 23 heavy (non-hydrogen) atoms. The van der Waals surface area contributed by atoms with E-state index in [4.69, 9.17) is 9.47 Å². The highest BCUT2D eigenvalue weighted by molar-refractivity contribution is 9.10. The number of hydrogen-bond acceptors (Lipinski definition) is 3. The molecule has 0 amide bonds. The summed E-state index contributed by atoms with van der Waals surface area (Å²) in [6.07, 6.45) is 2.72. The number of carbonyl (C=O) groups excluding carboxylic acids is 1. The Morgan fingerprint density at radius 3 is 2.35 bits per heavy atom. The van der Waals surface area contributed by atoms with E-state index in [0.717, 1.165) is 12.1 Å². The molecule has 0 radical (unpaired) electrons. The van der Waals surface area contributed by atoms with Crippen molar-refractivity contribution in [3.8, 4) is 11.5 Å². The lowest BCUT2D eigenvalue weighted by Gasteiger charge is -2.09. The smallest absolute Gasteiger partial charge is 0.188 e. The summed E-state index contributed by atoms with van der Waals surface area (Å²) in [7, 11) is 3.01. The average molecular weight is 383 g/mol. The van der Waals surface area contributed by atoms with Crippen LogP contribution < -0.4 is 9.47 Å². The van der Waals surface area contributed by atoms with Gasteiger partial charge >= 0.3 is 0 Å². The first-order valence-corrected chi connectivity index (χ1v) is 7.34. The second-order valence-electron chi connectivity index (χ2n) is 4.55. The molecule has 0 bridgehead atoms. The lowest BCUT2D eigenvalue weighted by Crippen LogP contribution is -1.99. The number of benzene rings is 2. The Morgan fingerprint density at radius 2 is 1.74 bits per heavy atom. The van der Waals surface area contributed by atoms with Gasteiger partial charge in [-0.3, -0.25) is 4.79 Å². The summed E-state index contributed by atoms with van der Waals surface area (Å²) in [6.45, 7) is 0. The van der Waals surface area contributed by atoms with E-state index in [1.807, 2.05) is 0 Å². The zero-order valence-electron chi connectivity index (χ0n) is 12.4. The summed E-state index contributed by atoms with van der Waals surface area (Å²) in [5.41, 5.74) is 0.456. The van der Waals surface area contributed by atoms with Gasteiger partial charge in [-0.15, -0.1) is 0 Å². The third kappa shape index (κ3) is 3.96. The van der Waals surface area contributed by atoms with Crippen molar-refractivity contribution in [1.29, 1.82) is 0 Å². The molecule has 2 aromatic carbocycles. The van der Waals surface area contributed by atoms with Crippen molar-refractivity contribution < 1.29 is 23.0 Å². The minimum Gasteiger partial charge on any atom is -0.493 e. The van der Waals surface area contributed by atoms with Crippen LogP contribution in [0.3, 0.4) is 0 Å². The zero-order chi connectivity index (χ0) is 17.0. The van der Waals surface area contributed by atoms with Crippen LogP contribution in [0.4, 0.5) is 8.78 Å². The van der Waals surface area contributed by atoms with Gasteiger partial charge in [-0.05, 0) is 42.0 Å². The summed E-state index contributed by atoms with van der Waals surface area (Å²) in [5.74, 6) is -1.16. The number of methoxy groups -OCH3 is 2. The van der Waals surface area contributed by atoms with Gasteiger partial charge in [-0.1, -0.05) is 15.9 Å². The van der Waals surface area contributed by atoms with E-state index in [0.29, 0.717) is 27.6 Å². The zero-order valence-corrected chi connectivity index (χ0v) is 14.0. The summed E-state index contributed by atoms with van der Waals surface area (Å²) in [5, 5.41) is 0. The first-order chi connectivity index (χ1) is 11.0. The van der Waals surface area contributed by atoms with Crippen molar-refractivity contribution in [2.45, 2.75) is 0 Å². The Balaban J connectivity index is 2.31. The number of rotatable bonds is 5. The highest BCUT2D eigenvalue weighted by atomic mass is 79.9. The summed E-state index contributed by atoms with van der Waals surface area (Å²) >= 11 is 3.36. The summed E-state index contributed by atoms with van der Waals surface area (Å²) < 4.78 is 37.5. The first kappa shape index (κ1) is 17.1. The Morgan fingerprint density at radius 1 is 1.09 bits per heavy atom. The SMILES string of the molecule is COc1cc(Br)c(/C=C/C(=O)c2ccc(F)cc2F)cc1OC. The van der Waals surface area contributed by atoms with Crippen LogP contribution in [0.2, 0.25) is 0 Å². The maximum absolute atomic E-state index is 13.6. The number of carbonyl (C=O) groups is 1. The molecule has 0 aliphatic carbocycles.